The van der Waals surface area contributed by atoms with E-state index in [9.17, 15) is 47.9 Å². The predicted octanol–water partition coefficient (Wildman–Crippen LogP) is 3.81. The van der Waals surface area contributed by atoms with Crippen molar-refractivity contribution in [2.24, 2.45) is 73.8 Å². The molecule has 0 aromatic rings. The van der Waals surface area contributed by atoms with E-state index < -0.39 is 118 Å². The van der Waals surface area contributed by atoms with Gasteiger partial charge in [-0.1, -0.05) is 58.7 Å². The minimum atomic E-state index is -4.86. The Kier molecular flexibility index (Phi) is 18.2. The van der Waals surface area contributed by atoms with Crippen LogP contribution in [0.5, 0.6) is 0 Å². The Morgan fingerprint density at radius 2 is 1.32 bits per heavy atom. The summed E-state index contributed by atoms with van der Waals surface area (Å²) >= 11 is 0. The van der Waals surface area contributed by atoms with Gasteiger partial charge in [-0.2, -0.15) is 22.8 Å². The van der Waals surface area contributed by atoms with E-state index >= 15 is 0 Å². The van der Waals surface area contributed by atoms with E-state index in [1.165, 1.54) is 6.92 Å². The fourth-order valence-corrected chi connectivity index (χ4v) is 13.2. The van der Waals surface area contributed by atoms with Gasteiger partial charge in [0.05, 0.1) is 6.10 Å². The number of phosphoric acid groups is 1. The maximum atomic E-state index is 13.7. The molecule has 0 aliphatic carbocycles. The molecule has 0 spiro atoms. The first-order valence-electron chi connectivity index (χ1n) is 24.1. The average molecular weight is 1070 g/mol. The Morgan fingerprint density at radius 3 is 1.85 bits per heavy atom. The molecule has 5 rings (SSSR count). The van der Waals surface area contributed by atoms with Gasteiger partial charge in [0.15, 0.2) is 0 Å². The second kappa shape index (κ2) is 22.0. The zero-order chi connectivity index (χ0) is 53.6. The summed E-state index contributed by atoms with van der Waals surface area (Å²) in [7, 11) is -4.86. The van der Waals surface area contributed by atoms with Crippen LogP contribution in [0.2, 0.25) is 0 Å². The molecule has 3 fully saturated rings. The van der Waals surface area contributed by atoms with Crippen LogP contribution in [0.25, 0.3) is 21.3 Å². The van der Waals surface area contributed by atoms with Crippen LogP contribution < -0.4 is 39.7 Å². The molecular formula is C48H74CoN11O11P-4. The third kappa shape index (κ3) is 11.9. The zero-order valence-electron chi connectivity index (χ0n) is 42.7. The largest absolute Gasteiger partial charge is 0.681 e. The van der Waals surface area contributed by atoms with Crippen LogP contribution in [-0.2, 0) is 59.4 Å². The van der Waals surface area contributed by atoms with Crippen molar-refractivity contribution in [3.63, 3.8) is 0 Å². The summed E-state index contributed by atoms with van der Waals surface area (Å²) in [6.07, 6.45) is 0.254. The van der Waals surface area contributed by atoms with Gasteiger partial charge in [0.2, 0.25) is 41.4 Å². The van der Waals surface area contributed by atoms with Gasteiger partial charge in [-0.15, -0.1) is 29.3 Å². The van der Waals surface area contributed by atoms with Gasteiger partial charge >= 0.3 is 7.82 Å². The molecule has 0 saturated carbocycles. The maximum Gasteiger partial charge on any atom is 0.469 e. The van der Waals surface area contributed by atoms with Gasteiger partial charge in [-0.05, 0) is 85.9 Å². The number of amides is 7. The van der Waals surface area contributed by atoms with Crippen LogP contribution in [0.3, 0.4) is 0 Å². The summed E-state index contributed by atoms with van der Waals surface area (Å²) in [4.78, 5) is 110. The number of allylic oxidation sites excluding steroid dienone is 3. The molecule has 0 aromatic carbocycles. The van der Waals surface area contributed by atoms with E-state index in [4.69, 9.17) is 60.2 Å². The summed E-state index contributed by atoms with van der Waals surface area (Å²) in [5.74, 6) is -5.96. The first-order valence-corrected chi connectivity index (χ1v) is 25.6. The van der Waals surface area contributed by atoms with Crippen molar-refractivity contribution in [1.29, 1.82) is 0 Å². The van der Waals surface area contributed by atoms with Gasteiger partial charge in [0.25, 0.3) is 0 Å². The third-order valence-corrected chi connectivity index (χ3v) is 17.0. The number of nitrogens with zero attached hydrogens (tertiary/aromatic N) is 4. The molecule has 72 heavy (non-hydrogen) atoms. The summed E-state index contributed by atoms with van der Waals surface area (Å²) in [5.41, 5.74) is 33.1. The average Bonchev–Trinajstić information content (AvgIpc) is 3.83. The number of carbonyl (C=O) groups is 7. The second-order valence-electron chi connectivity index (χ2n) is 21.8. The Labute approximate surface area is 432 Å². The molecule has 405 valence electrons. The molecule has 11 atom stereocenters. The van der Waals surface area contributed by atoms with Crippen LogP contribution in [0.15, 0.2) is 45.6 Å². The van der Waals surface area contributed by atoms with Crippen LogP contribution in [0.4, 0.5) is 0 Å². The van der Waals surface area contributed by atoms with Crippen LogP contribution in [0.1, 0.15) is 133 Å². The minimum Gasteiger partial charge on any atom is -0.681 e. The Hall–Kier alpha value is -4.77. The summed E-state index contributed by atoms with van der Waals surface area (Å²) in [6, 6.07) is -2.19. The standard InChI is InChI=1S/C48H74N11O11P.Co/c1-23(70-71(67,68)69)22-55-38(66)16-17-45(6)29(18-35(52)63)43-48(9)47(8,21-37(54)65)28(12-15-34(51)62)40(59-48)25(3)42-46(7,20-36(53)64)26(10-13-32(49)60)30(56-42)19-31-44(4,5)27(11-14-33(50)61)39(57-31)24(2)41(45)58-43;/h19,23,26-28,30,39,42H,10-18,20-22H2,1-9H3,(H2,49,60)(H2,50,61)(H2,51,62)(H2,52,63)(H2,53,64)(H2,54,65)(H,55,66)(H2,67,68,69);/q-4;/b31-19-,40-25-,41-24-;/t23-,26-,27-,28-,30?,39?,42?,45-,46+,47+,48+;/m1./s1. The first-order chi connectivity index (χ1) is 32.6. The molecule has 5 aliphatic rings. The van der Waals surface area contributed by atoms with Gasteiger partial charge < -0.3 is 70.8 Å². The minimum absolute atomic E-state index is 0. The van der Waals surface area contributed by atoms with Crippen LogP contribution in [0, 0.1) is 39.4 Å². The monoisotopic (exact) mass is 1070 g/mol. The molecule has 15 N–H and O–H groups in total. The van der Waals surface area contributed by atoms with E-state index in [0.29, 0.717) is 33.8 Å². The summed E-state index contributed by atoms with van der Waals surface area (Å²) in [5, 5.41) is 24.6. The number of primary amides is 6. The van der Waals surface area contributed by atoms with Crippen molar-refractivity contribution in [2.75, 3.05) is 6.54 Å². The second-order valence-corrected chi connectivity index (χ2v) is 23.0. The van der Waals surface area contributed by atoms with Crippen molar-refractivity contribution < 1.29 is 69.2 Å². The number of hydrogen-bond donors (Lipinski definition) is 9. The molecule has 1 radical (unpaired) electrons. The Balaban J connectivity index is 0.0000112. The van der Waals surface area contributed by atoms with Crippen molar-refractivity contribution in [2.45, 2.75) is 163 Å². The fourth-order valence-electron chi connectivity index (χ4n) is 12.6. The maximum absolute atomic E-state index is 13.7. The molecule has 3 unspecified atom stereocenters. The molecule has 24 heteroatoms. The third-order valence-electron chi connectivity index (χ3n) is 16.4. The van der Waals surface area contributed by atoms with Crippen molar-refractivity contribution in [3.8, 4) is 0 Å². The fraction of sp³-hybridized carbons (Fsp3) is 0.688. The summed E-state index contributed by atoms with van der Waals surface area (Å²) < 4.78 is 16.2. The molecule has 8 bridgehead atoms. The van der Waals surface area contributed by atoms with E-state index in [1.54, 1.807) is 6.92 Å². The number of carbonyl (C=O) groups excluding carboxylic acids is 7. The molecular weight excluding hydrogens is 997 g/mol. The number of hydrogen-bond acceptors (Lipinski definition) is 9. The number of phosphoric ester groups is 1. The zero-order valence-corrected chi connectivity index (χ0v) is 44.6. The van der Waals surface area contributed by atoms with Gasteiger partial charge in [0.1, 0.15) is 0 Å². The quantitative estimate of drug-likeness (QED) is 0.0702. The van der Waals surface area contributed by atoms with E-state index in [0.717, 1.165) is 0 Å². The van der Waals surface area contributed by atoms with Crippen LogP contribution >= 0.6 is 7.82 Å². The van der Waals surface area contributed by atoms with Crippen molar-refractivity contribution >= 4 is 49.2 Å². The van der Waals surface area contributed by atoms with E-state index in [1.807, 2.05) is 54.5 Å². The van der Waals surface area contributed by atoms with E-state index in [2.05, 4.69) is 5.32 Å². The number of rotatable bonds is 22. The van der Waals surface area contributed by atoms with E-state index in [-0.39, 0.29) is 99.6 Å². The molecule has 3 saturated heterocycles. The first kappa shape index (κ1) is 59.8. The number of nitrogens with one attached hydrogen (secondary N) is 1. The predicted molar refractivity (Wildman–Crippen MR) is 264 cm³/mol. The van der Waals surface area contributed by atoms with Gasteiger partial charge in [-0.25, -0.2) is 4.57 Å². The smallest absolute Gasteiger partial charge is 0.469 e. The van der Waals surface area contributed by atoms with Crippen LogP contribution in [-0.4, -0.2) is 87.5 Å². The topological polar surface area (TPSA) is 411 Å². The SMILES string of the molecule is C/C1=C2/[N-]C(=C(CC(N)=O)[C@@]2(C)CCC(=O)NC[C@@H](C)OP(=O)(O)O)[C@]2(C)[N-]/C(=C(/C)C3[N-]C(/C=C4\[N-]C1[C@@H](CCC(N)=O)C4(C)C)[C@@H](CCC(N)=O)[C@]3(C)CC(N)=O)[C@@H](CCC(N)=O)[C@]2(C)CC(N)=O.[Co]. The normalized spacial score (nSPS) is 34.7. The molecule has 5 heterocycles. The Morgan fingerprint density at radius 1 is 0.764 bits per heavy atom. The van der Waals surface area contributed by atoms with Crippen molar-refractivity contribution in [3.05, 3.63) is 66.9 Å². The van der Waals surface area contributed by atoms with Gasteiger partial charge in [-0.3, -0.25) is 38.1 Å². The molecule has 7 amide bonds. The summed E-state index contributed by atoms with van der Waals surface area (Å²) in [6.45, 7) is 16.1. The Bertz CT molecular complexity index is 2400. The molecule has 0 aromatic heterocycles. The van der Waals surface area contributed by atoms with Gasteiger partial charge in [0, 0.05) is 68.3 Å². The number of nitrogens with two attached hydrogens (primary N) is 6. The molecule has 5 aliphatic heterocycles. The molecule has 22 nitrogen and oxygen atoms in total. The van der Waals surface area contributed by atoms with Crippen molar-refractivity contribution in [1.82, 2.24) is 5.32 Å². The number of fused-ring (bicyclic) bond motifs is 9.